The molecule has 1 amide bonds. The molecule has 0 radical (unpaired) electrons. The summed E-state index contributed by atoms with van der Waals surface area (Å²) in [6.07, 6.45) is 6.05. The molecule has 1 heterocycles. The van der Waals surface area contributed by atoms with Gasteiger partial charge < -0.3 is 9.47 Å². The number of nitrogens with zero attached hydrogens (tertiary/aromatic N) is 2. The number of benzene rings is 2. The minimum Gasteiger partial charge on any atom is -0.497 e. The Morgan fingerprint density at radius 3 is 1.97 bits per heavy atom. The number of hydrogen-bond acceptors (Lipinski definition) is 5. The van der Waals surface area contributed by atoms with Gasteiger partial charge in [-0.25, -0.2) is 0 Å². The van der Waals surface area contributed by atoms with Crippen LogP contribution >= 0.6 is 12.2 Å². The maximum absolute atomic E-state index is 13.6. The number of carbonyl (C=O) groups is 1. The Balaban J connectivity index is 1.73. The minimum absolute atomic E-state index is 0.100. The number of amides is 1. The van der Waals surface area contributed by atoms with Crippen LogP contribution in [0.25, 0.3) is 0 Å². The van der Waals surface area contributed by atoms with Crippen LogP contribution in [0, 0.1) is 0 Å². The van der Waals surface area contributed by atoms with Crippen LogP contribution in [0.5, 0.6) is 11.5 Å². The SMILES string of the molecule is COc1ccc(C(=O)N2C(=S)C(c3ccc(OC)cc3)=NC23CCCCCC3)cc1. The van der Waals surface area contributed by atoms with Crippen molar-refractivity contribution >= 4 is 28.8 Å². The summed E-state index contributed by atoms with van der Waals surface area (Å²) in [6, 6.07) is 14.9. The van der Waals surface area contributed by atoms with Crippen LogP contribution in [-0.4, -0.2) is 41.4 Å². The smallest absolute Gasteiger partial charge is 0.260 e. The van der Waals surface area contributed by atoms with Gasteiger partial charge in [0, 0.05) is 11.1 Å². The van der Waals surface area contributed by atoms with E-state index in [0.717, 1.165) is 61.3 Å². The van der Waals surface area contributed by atoms with Crippen LogP contribution in [0.1, 0.15) is 54.4 Å². The summed E-state index contributed by atoms with van der Waals surface area (Å²) < 4.78 is 10.5. The van der Waals surface area contributed by atoms with Crippen LogP contribution in [0.4, 0.5) is 0 Å². The molecule has 5 nitrogen and oxygen atoms in total. The highest BCUT2D eigenvalue weighted by Gasteiger charge is 2.48. The van der Waals surface area contributed by atoms with Gasteiger partial charge in [0.2, 0.25) is 0 Å². The molecule has 1 spiro atoms. The summed E-state index contributed by atoms with van der Waals surface area (Å²) in [7, 11) is 3.25. The quantitative estimate of drug-likeness (QED) is 0.649. The van der Waals surface area contributed by atoms with Crippen molar-refractivity contribution in [2.45, 2.75) is 44.2 Å². The summed E-state index contributed by atoms with van der Waals surface area (Å²) >= 11 is 5.85. The molecule has 0 aromatic heterocycles. The number of aliphatic imine (C=N–C) groups is 1. The second-order valence-corrected chi connectivity index (χ2v) is 8.15. The zero-order chi connectivity index (χ0) is 21.1. The number of thiocarbonyl (C=S) groups is 1. The Kier molecular flexibility index (Phi) is 5.86. The maximum atomic E-state index is 13.6. The molecule has 30 heavy (non-hydrogen) atoms. The molecule has 0 unspecified atom stereocenters. The molecule has 0 atom stereocenters. The van der Waals surface area contributed by atoms with Crippen molar-refractivity contribution in [2.24, 2.45) is 4.99 Å². The Morgan fingerprint density at radius 1 is 0.900 bits per heavy atom. The molecule has 0 saturated heterocycles. The molecule has 2 aliphatic rings. The Hall–Kier alpha value is -2.73. The molecular weight excluding hydrogens is 396 g/mol. The van der Waals surface area contributed by atoms with E-state index in [0.29, 0.717) is 10.6 Å². The fraction of sp³-hybridized carbons (Fsp3) is 0.375. The Labute approximate surface area is 182 Å². The zero-order valence-electron chi connectivity index (χ0n) is 17.4. The number of ether oxygens (including phenoxy) is 2. The summed E-state index contributed by atoms with van der Waals surface area (Å²) in [5.74, 6) is 1.39. The van der Waals surface area contributed by atoms with Crippen molar-refractivity contribution in [3.8, 4) is 11.5 Å². The van der Waals surface area contributed by atoms with E-state index in [2.05, 4.69) is 0 Å². The third kappa shape index (κ3) is 3.72. The molecule has 1 aliphatic carbocycles. The van der Waals surface area contributed by atoms with Crippen LogP contribution in [0.2, 0.25) is 0 Å². The van der Waals surface area contributed by atoms with Crippen LogP contribution in [0.15, 0.2) is 53.5 Å². The lowest BCUT2D eigenvalue weighted by atomic mass is 9.99. The van der Waals surface area contributed by atoms with E-state index in [1.54, 1.807) is 43.4 Å². The monoisotopic (exact) mass is 422 g/mol. The highest BCUT2D eigenvalue weighted by Crippen LogP contribution is 2.40. The molecule has 0 bridgehead atoms. The second-order valence-electron chi connectivity index (χ2n) is 7.76. The molecule has 2 aromatic carbocycles. The standard InChI is InChI=1S/C24H26N2O3S/c1-28-19-11-7-17(8-12-19)21-23(30)26(24(25-21)15-5-3-4-6-16-24)22(27)18-9-13-20(29-2)14-10-18/h7-14H,3-6,15-16H2,1-2H3. The summed E-state index contributed by atoms with van der Waals surface area (Å²) in [5.41, 5.74) is 1.62. The van der Waals surface area contributed by atoms with Crippen LogP contribution in [0.3, 0.4) is 0 Å². The van der Waals surface area contributed by atoms with Gasteiger partial charge in [0.25, 0.3) is 5.91 Å². The van der Waals surface area contributed by atoms with Gasteiger partial charge in [-0.3, -0.25) is 14.7 Å². The number of carbonyl (C=O) groups excluding carboxylic acids is 1. The number of methoxy groups -OCH3 is 2. The first-order chi connectivity index (χ1) is 14.6. The molecule has 2 aromatic rings. The van der Waals surface area contributed by atoms with Gasteiger partial charge in [-0.05, 0) is 74.2 Å². The molecule has 1 aliphatic heterocycles. The lowest BCUT2D eigenvalue weighted by molar-refractivity contribution is 0.0692. The lowest BCUT2D eigenvalue weighted by Gasteiger charge is -2.35. The van der Waals surface area contributed by atoms with Crippen molar-refractivity contribution < 1.29 is 14.3 Å². The van der Waals surface area contributed by atoms with E-state index < -0.39 is 5.66 Å². The predicted octanol–water partition coefficient (Wildman–Crippen LogP) is 5.03. The summed E-state index contributed by atoms with van der Waals surface area (Å²) in [4.78, 5) is 21.0. The number of rotatable bonds is 4. The molecule has 156 valence electrons. The molecule has 1 saturated carbocycles. The highest BCUT2D eigenvalue weighted by atomic mass is 32.1. The molecular formula is C24H26N2O3S. The van der Waals surface area contributed by atoms with Crippen LogP contribution < -0.4 is 9.47 Å². The number of hydrogen-bond donors (Lipinski definition) is 0. The lowest BCUT2D eigenvalue weighted by Crippen LogP contribution is -2.49. The first-order valence-corrected chi connectivity index (χ1v) is 10.8. The van der Waals surface area contributed by atoms with Gasteiger partial charge >= 0.3 is 0 Å². The van der Waals surface area contributed by atoms with Crippen molar-refractivity contribution in [1.82, 2.24) is 4.90 Å². The van der Waals surface area contributed by atoms with E-state index in [9.17, 15) is 4.79 Å². The summed E-state index contributed by atoms with van der Waals surface area (Å²) in [6.45, 7) is 0. The van der Waals surface area contributed by atoms with E-state index in [1.165, 1.54) is 0 Å². The van der Waals surface area contributed by atoms with Gasteiger partial charge in [0.05, 0.1) is 14.2 Å². The highest BCUT2D eigenvalue weighted by molar-refractivity contribution is 7.82. The van der Waals surface area contributed by atoms with Gasteiger partial charge in [-0.2, -0.15) is 0 Å². The van der Waals surface area contributed by atoms with Crippen molar-refractivity contribution in [3.63, 3.8) is 0 Å². The third-order valence-corrected chi connectivity index (χ3v) is 6.33. The Morgan fingerprint density at radius 2 is 1.43 bits per heavy atom. The van der Waals surface area contributed by atoms with E-state index in [1.807, 2.05) is 24.3 Å². The Bertz CT molecular complexity index is 959. The second kappa shape index (κ2) is 8.56. The fourth-order valence-corrected chi connectivity index (χ4v) is 4.73. The molecule has 6 heteroatoms. The van der Waals surface area contributed by atoms with Crippen LogP contribution in [-0.2, 0) is 0 Å². The average Bonchev–Trinajstić information content (AvgIpc) is 2.92. The van der Waals surface area contributed by atoms with Gasteiger partial charge in [-0.1, -0.05) is 25.1 Å². The predicted molar refractivity (Wildman–Crippen MR) is 122 cm³/mol. The van der Waals surface area contributed by atoms with Crippen molar-refractivity contribution in [2.75, 3.05) is 14.2 Å². The maximum Gasteiger partial charge on any atom is 0.260 e. The third-order valence-electron chi connectivity index (χ3n) is 5.95. The molecule has 1 fully saturated rings. The van der Waals surface area contributed by atoms with E-state index in [-0.39, 0.29) is 5.91 Å². The topological polar surface area (TPSA) is 51.1 Å². The van der Waals surface area contributed by atoms with Crippen molar-refractivity contribution in [1.29, 1.82) is 0 Å². The average molecular weight is 423 g/mol. The fourth-order valence-electron chi connectivity index (χ4n) is 4.31. The summed E-state index contributed by atoms with van der Waals surface area (Å²) in [5, 5.41) is 0. The van der Waals surface area contributed by atoms with E-state index >= 15 is 0 Å². The van der Waals surface area contributed by atoms with Crippen molar-refractivity contribution in [3.05, 3.63) is 59.7 Å². The van der Waals surface area contributed by atoms with Gasteiger partial charge in [-0.15, -0.1) is 0 Å². The molecule has 0 N–H and O–H groups in total. The first-order valence-electron chi connectivity index (χ1n) is 10.4. The zero-order valence-corrected chi connectivity index (χ0v) is 18.2. The van der Waals surface area contributed by atoms with Gasteiger partial charge in [0.15, 0.2) is 0 Å². The first kappa shape index (κ1) is 20.5. The van der Waals surface area contributed by atoms with E-state index in [4.69, 9.17) is 26.7 Å². The minimum atomic E-state index is -0.597. The van der Waals surface area contributed by atoms with Gasteiger partial charge in [0.1, 0.15) is 27.9 Å². The normalized spacial score (nSPS) is 18.1. The molecule has 4 rings (SSSR count). The largest absolute Gasteiger partial charge is 0.497 e.